The van der Waals surface area contributed by atoms with Crippen molar-refractivity contribution in [2.75, 3.05) is 0 Å². The van der Waals surface area contributed by atoms with Crippen molar-refractivity contribution in [2.45, 2.75) is 19.6 Å². The van der Waals surface area contributed by atoms with Crippen LogP contribution in [0.3, 0.4) is 0 Å². The van der Waals surface area contributed by atoms with Gasteiger partial charge >= 0.3 is 0 Å². The number of tetrazole rings is 1. The highest BCUT2D eigenvalue weighted by molar-refractivity contribution is 5.34. The van der Waals surface area contributed by atoms with E-state index in [9.17, 15) is 14.5 Å². The van der Waals surface area contributed by atoms with Crippen molar-refractivity contribution in [3.63, 3.8) is 0 Å². The SMILES string of the molecule is O=[N+]([O-])c1cccc(Cn2nnnc2CNCc2ccc(F)cc2)c1. The minimum absolute atomic E-state index is 0.0292. The molecule has 128 valence electrons. The quantitative estimate of drug-likeness (QED) is 0.521. The van der Waals surface area contributed by atoms with Crippen LogP contribution >= 0.6 is 0 Å². The van der Waals surface area contributed by atoms with Gasteiger partial charge in [0.2, 0.25) is 0 Å². The molecular weight excluding hydrogens is 327 g/mol. The fourth-order valence-electron chi connectivity index (χ4n) is 2.33. The maximum Gasteiger partial charge on any atom is 0.269 e. The van der Waals surface area contributed by atoms with Gasteiger partial charge < -0.3 is 5.32 Å². The molecule has 8 nitrogen and oxygen atoms in total. The van der Waals surface area contributed by atoms with E-state index >= 15 is 0 Å². The second kappa shape index (κ2) is 7.58. The fraction of sp³-hybridized carbons (Fsp3) is 0.188. The number of nitro benzene ring substituents is 1. The van der Waals surface area contributed by atoms with E-state index in [1.165, 1.54) is 24.3 Å². The zero-order chi connectivity index (χ0) is 17.6. The topological polar surface area (TPSA) is 98.8 Å². The molecule has 1 N–H and O–H groups in total. The minimum Gasteiger partial charge on any atom is -0.306 e. The van der Waals surface area contributed by atoms with Gasteiger partial charge in [-0.3, -0.25) is 10.1 Å². The number of halogens is 1. The maximum atomic E-state index is 12.9. The van der Waals surface area contributed by atoms with Gasteiger partial charge in [-0.15, -0.1) is 5.10 Å². The molecule has 3 rings (SSSR count). The second-order valence-electron chi connectivity index (χ2n) is 5.41. The Morgan fingerprint density at radius 3 is 2.68 bits per heavy atom. The van der Waals surface area contributed by atoms with Crippen LogP contribution < -0.4 is 5.32 Å². The van der Waals surface area contributed by atoms with Gasteiger partial charge in [0.1, 0.15) is 5.82 Å². The summed E-state index contributed by atoms with van der Waals surface area (Å²) in [6.45, 7) is 1.30. The summed E-state index contributed by atoms with van der Waals surface area (Å²) in [5.74, 6) is 0.332. The first-order valence-corrected chi connectivity index (χ1v) is 7.55. The molecule has 0 fully saturated rings. The van der Waals surface area contributed by atoms with Crippen molar-refractivity contribution >= 4 is 5.69 Å². The highest BCUT2D eigenvalue weighted by atomic mass is 19.1. The highest BCUT2D eigenvalue weighted by Gasteiger charge is 2.10. The van der Waals surface area contributed by atoms with Crippen LogP contribution in [0.25, 0.3) is 0 Å². The van der Waals surface area contributed by atoms with Crippen LogP contribution in [0.4, 0.5) is 10.1 Å². The van der Waals surface area contributed by atoms with Crippen molar-refractivity contribution in [1.29, 1.82) is 0 Å². The number of rotatable bonds is 7. The molecule has 1 aromatic heterocycles. The molecule has 2 aromatic carbocycles. The first-order valence-electron chi connectivity index (χ1n) is 7.55. The molecule has 0 amide bonds. The van der Waals surface area contributed by atoms with Crippen LogP contribution in [0.1, 0.15) is 17.0 Å². The lowest BCUT2D eigenvalue weighted by atomic mass is 10.2. The van der Waals surface area contributed by atoms with Crippen LogP contribution in [0.2, 0.25) is 0 Å². The standard InChI is InChI=1S/C16H15FN6O2/c17-14-6-4-12(5-7-14)9-18-10-16-19-20-21-22(16)11-13-2-1-3-15(8-13)23(24)25/h1-8,18H,9-11H2. The van der Waals surface area contributed by atoms with Crippen LogP contribution in [-0.2, 0) is 19.6 Å². The summed E-state index contributed by atoms with van der Waals surface area (Å²) >= 11 is 0. The Balaban J connectivity index is 1.61. The Labute approximate surface area is 142 Å². The number of aromatic nitrogens is 4. The third-order valence-electron chi connectivity index (χ3n) is 3.59. The zero-order valence-electron chi connectivity index (χ0n) is 13.2. The van der Waals surface area contributed by atoms with Crippen molar-refractivity contribution in [2.24, 2.45) is 0 Å². The number of benzene rings is 2. The monoisotopic (exact) mass is 342 g/mol. The van der Waals surface area contributed by atoms with Crippen molar-refractivity contribution < 1.29 is 9.31 Å². The number of nitrogens with zero attached hydrogens (tertiary/aromatic N) is 5. The third kappa shape index (κ3) is 4.42. The molecule has 9 heteroatoms. The van der Waals surface area contributed by atoms with Gasteiger partial charge in [-0.05, 0) is 33.7 Å². The van der Waals surface area contributed by atoms with Gasteiger partial charge in [-0.1, -0.05) is 24.3 Å². The largest absolute Gasteiger partial charge is 0.306 e. The van der Waals surface area contributed by atoms with Crippen LogP contribution in [0.15, 0.2) is 48.5 Å². The lowest BCUT2D eigenvalue weighted by Gasteiger charge is -2.07. The molecule has 0 atom stereocenters. The summed E-state index contributed by atoms with van der Waals surface area (Å²) in [6, 6.07) is 12.6. The molecular formula is C16H15FN6O2. The number of hydrogen-bond donors (Lipinski definition) is 1. The molecule has 0 saturated heterocycles. The molecule has 0 aliphatic carbocycles. The van der Waals surface area contributed by atoms with Crippen LogP contribution in [0.5, 0.6) is 0 Å². The molecule has 1 heterocycles. The maximum absolute atomic E-state index is 12.9. The fourth-order valence-corrected chi connectivity index (χ4v) is 2.33. The van der Waals surface area contributed by atoms with Crippen molar-refractivity contribution in [3.05, 3.63) is 81.4 Å². The third-order valence-corrected chi connectivity index (χ3v) is 3.59. The van der Waals surface area contributed by atoms with Gasteiger partial charge in [0.25, 0.3) is 5.69 Å². The second-order valence-corrected chi connectivity index (χ2v) is 5.41. The molecule has 0 aliphatic heterocycles. The number of hydrogen-bond acceptors (Lipinski definition) is 6. The van der Waals surface area contributed by atoms with Gasteiger partial charge in [-0.2, -0.15) is 0 Å². The molecule has 0 saturated carbocycles. The Bertz CT molecular complexity index is 865. The van der Waals surface area contributed by atoms with E-state index in [1.807, 2.05) is 0 Å². The van der Waals surface area contributed by atoms with Gasteiger partial charge in [0.05, 0.1) is 18.0 Å². The predicted octanol–water partition coefficient (Wildman–Crippen LogP) is 2.06. The molecule has 0 spiro atoms. The molecule has 25 heavy (non-hydrogen) atoms. The van der Waals surface area contributed by atoms with Gasteiger partial charge in [0, 0.05) is 18.7 Å². The summed E-state index contributed by atoms with van der Waals surface area (Å²) < 4.78 is 14.5. The Morgan fingerprint density at radius 1 is 1.12 bits per heavy atom. The summed E-state index contributed by atoms with van der Waals surface area (Å²) in [5.41, 5.74) is 1.71. The van der Waals surface area contributed by atoms with E-state index in [0.717, 1.165) is 11.1 Å². The van der Waals surface area contributed by atoms with Crippen LogP contribution in [-0.4, -0.2) is 25.1 Å². The highest BCUT2D eigenvalue weighted by Crippen LogP contribution is 2.14. The molecule has 0 aliphatic rings. The Hall–Kier alpha value is -3.20. The molecule has 0 bridgehead atoms. The Kier molecular flexibility index (Phi) is 5.05. The Morgan fingerprint density at radius 2 is 1.92 bits per heavy atom. The average molecular weight is 342 g/mol. The van der Waals surface area contributed by atoms with Crippen molar-refractivity contribution in [3.8, 4) is 0 Å². The lowest BCUT2D eigenvalue weighted by molar-refractivity contribution is -0.384. The first kappa shape index (κ1) is 16.7. The van der Waals surface area contributed by atoms with E-state index in [1.54, 1.807) is 28.9 Å². The molecule has 3 aromatic rings. The van der Waals surface area contributed by atoms with E-state index < -0.39 is 4.92 Å². The molecule has 0 radical (unpaired) electrons. The number of non-ortho nitro benzene ring substituents is 1. The summed E-state index contributed by atoms with van der Waals surface area (Å²) in [7, 11) is 0. The predicted molar refractivity (Wildman–Crippen MR) is 87.0 cm³/mol. The van der Waals surface area contributed by atoms with E-state index in [2.05, 4.69) is 20.8 Å². The van der Waals surface area contributed by atoms with Crippen molar-refractivity contribution in [1.82, 2.24) is 25.5 Å². The minimum atomic E-state index is -0.436. The van der Waals surface area contributed by atoms with E-state index in [0.29, 0.717) is 25.5 Å². The summed E-state index contributed by atoms with van der Waals surface area (Å²) in [6.07, 6.45) is 0. The molecule has 0 unspecified atom stereocenters. The normalized spacial score (nSPS) is 10.8. The smallest absolute Gasteiger partial charge is 0.269 e. The number of nitrogens with one attached hydrogen (secondary N) is 1. The van der Waals surface area contributed by atoms with E-state index in [4.69, 9.17) is 0 Å². The van der Waals surface area contributed by atoms with E-state index in [-0.39, 0.29) is 11.5 Å². The zero-order valence-corrected chi connectivity index (χ0v) is 13.2. The first-order chi connectivity index (χ1) is 12.1. The van der Waals surface area contributed by atoms with Crippen LogP contribution in [0, 0.1) is 15.9 Å². The van der Waals surface area contributed by atoms with Gasteiger partial charge in [-0.25, -0.2) is 9.07 Å². The lowest BCUT2D eigenvalue weighted by Crippen LogP contribution is -2.17. The number of nitro groups is 1. The summed E-state index contributed by atoms with van der Waals surface area (Å²) in [5, 5.41) is 25.6. The van der Waals surface area contributed by atoms with Gasteiger partial charge in [0.15, 0.2) is 5.82 Å². The average Bonchev–Trinajstić information content (AvgIpc) is 3.04. The summed E-state index contributed by atoms with van der Waals surface area (Å²) in [4.78, 5) is 10.4.